The predicted octanol–water partition coefficient (Wildman–Crippen LogP) is 6.15. The first kappa shape index (κ1) is 19.1. The molecule has 0 amide bonds. The van der Waals surface area contributed by atoms with E-state index in [0.29, 0.717) is 22.8 Å². The van der Waals surface area contributed by atoms with Gasteiger partial charge in [0.25, 0.3) is 0 Å². The third-order valence-electron chi connectivity index (χ3n) is 4.49. The van der Waals surface area contributed by atoms with Gasteiger partial charge in [-0.15, -0.1) is 0 Å². The number of rotatable bonds is 6. The van der Waals surface area contributed by atoms with Gasteiger partial charge in [-0.3, -0.25) is 0 Å². The first-order valence-corrected chi connectivity index (χ1v) is 9.30. The Morgan fingerprint density at radius 3 is 2.27 bits per heavy atom. The lowest BCUT2D eigenvalue weighted by Gasteiger charge is -2.11. The van der Waals surface area contributed by atoms with Crippen LogP contribution in [0, 0.1) is 11.3 Å². The molecule has 0 radical (unpaired) electrons. The van der Waals surface area contributed by atoms with E-state index in [1.807, 2.05) is 49.3 Å². The molecule has 0 unspecified atom stereocenters. The van der Waals surface area contributed by atoms with Crippen LogP contribution in [-0.4, -0.2) is 20.3 Å². The molecule has 1 aromatic carbocycles. The molecule has 4 rings (SSSR count). The lowest BCUT2D eigenvalue weighted by Crippen LogP contribution is -2.07. The molecule has 4 aromatic rings. The summed E-state index contributed by atoms with van der Waals surface area (Å²) in [5.74, 6) is 1.61. The van der Waals surface area contributed by atoms with E-state index >= 15 is 0 Å². The number of hydrogen-bond donors (Lipinski definition) is 0. The van der Waals surface area contributed by atoms with Gasteiger partial charge >= 0.3 is 0 Å². The van der Waals surface area contributed by atoms with Crippen LogP contribution in [0.3, 0.4) is 0 Å². The van der Waals surface area contributed by atoms with Crippen molar-refractivity contribution in [1.82, 2.24) is 0 Å². The van der Waals surface area contributed by atoms with Crippen molar-refractivity contribution in [3.63, 3.8) is 0 Å². The summed E-state index contributed by atoms with van der Waals surface area (Å²) in [4.78, 5) is 6.39. The molecule has 0 fully saturated rings. The maximum Gasteiger partial charge on any atom is 0.238 e. The summed E-state index contributed by atoms with van der Waals surface area (Å²) in [6.07, 6.45) is 8.41. The lowest BCUT2D eigenvalue weighted by atomic mass is 10.1. The monoisotopic (exact) mass is 397 g/mol. The van der Waals surface area contributed by atoms with Gasteiger partial charge in [0.05, 0.1) is 18.1 Å². The van der Waals surface area contributed by atoms with E-state index < -0.39 is 0 Å². The number of nitrogens with zero attached hydrogens (tertiary/aromatic N) is 3. The molecule has 0 aliphatic heterocycles. The summed E-state index contributed by atoms with van der Waals surface area (Å²) >= 11 is 0. The second kappa shape index (κ2) is 8.41. The zero-order chi connectivity index (χ0) is 20.9. The molecule has 0 atom stereocenters. The fourth-order valence-corrected chi connectivity index (χ4v) is 3.00. The summed E-state index contributed by atoms with van der Waals surface area (Å²) in [6, 6.07) is 17.3. The highest BCUT2D eigenvalue weighted by Crippen LogP contribution is 2.42. The summed E-state index contributed by atoms with van der Waals surface area (Å²) in [6.45, 7) is 0. The van der Waals surface area contributed by atoms with Crippen LogP contribution in [-0.2, 0) is 0 Å². The first-order chi connectivity index (χ1) is 14.7. The number of hydrogen-bond acceptors (Lipinski definition) is 6. The third-order valence-corrected chi connectivity index (χ3v) is 4.49. The second-order valence-corrected chi connectivity index (χ2v) is 6.68. The number of anilines is 1. The van der Waals surface area contributed by atoms with Crippen molar-refractivity contribution in [3.05, 3.63) is 78.3 Å². The molecule has 148 valence electrons. The van der Waals surface area contributed by atoms with E-state index in [-0.39, 0.29) is 11.4 Å². The Morgan fingerprint density at radius 2 is 1.67 bits per heavy atom. The maximum atomic E-state index is 9.74. The number of nitriles is 1. The van der Waals surface area contributed by atoms with Crippen molar-refractivity contribution < 1.29 is 13.3 Å². The van der Waals surface area contributed by atoms with Gasteiger partial charge in [0.2, 0.25) is 5.88 Å². The molecular weight excluding hydrogens is 378 g/mol. The molecular formula is C24H19N3O3. The van der Waals surface area contributed by atoms with Crippen molar-refractivity contribution in [1.29, 1.82) is 5.26 Å². The van der Waals surface area contributed by atoms with Crippen LogP contribution in [0.1, 0.15) is 11.1 Å². The van der Waals surface area contributed by atoms with Gasteiger partial charge in [0.15, 0.2) is 11.5 Å². The van der Waals surface area contributed by atoms with Gasteiger partial charge in [-0.1, -0.05) is 18.2 Å². The quantitative estimate of drug-likeness (QED) is 0.364. The molecule has 0 saturated carbocycles. The van der Waals surface area contributed by atoms with Crippen molar-refractivity contribution in [2.75, 3.05) is 19.0 Å². The minimum atomic E-state index is 0.197. The van der Waals surface area contributed by atoms with E-state index in [9.17, 15) is 5.26 Å². The van der Waals surface area contributed by atoms with Gasteiger partial charge in [0, 0.05) is 26.0 Å². The van der Waals surface area contributed by atoms with Crippen molar-refractivity contribution >= 4 is 23.9 Å². The van der Waals surface area contributed by atoms with E-state index in [0.717, 1.165) is 11.3 Å². The van der Waals surface area contributed by atoms with Gasteiger partial charge in [-0.05, 0) is 48.0 Å². The fourth-order valence-electron chi connectivity index (χ4n) is 3.00. The molecule has 0 N–H and O–H groups in total. The topological polar surface area (TPSA) is 78.8 Å². The van der Waals surface area contributed by atoms with Crippen molar-refractivity contribution in [3.8, 4) is 28.9 Å². The minimum absolute atomic E-state index is 0.197. The van der Waals surface area contributed by atoms with Crippen LogP contribution in [0.4, 0.5) is 11.6 Å². The van der Waals surface area contributed by atoms with Gasteiger partial charge < -0.3 is 18.2 Å². The Bertz CT molecular complexity index is 1200. The van der Waals surface area contributed by atoms with E-state index in [1.165, 1.54) is 0 Å². The molecule has 0 saturated heterocycles. The maximum absolute atomic E-state index is 9.74. The van der Waals surface area contributed by atoms with Crippen LogP contribution in [0.2, 0.25) is 0 Å². The Kier molecular flexibility index (Phi) is 5.35. The summed E-state index contributed by atoms with van der Waals surface area (Å²) in [5.41, 5.74) is 2.98. The summed E-state index contributed by atoms with van der Waals surface area (Å²) in [5, 5.41) is 9.74. The Morgan fingerprint density at radius 1 is 0.967 bits per heavy atom. The third kappa shape index (κ3) is 3.82. The highest BCUT2D eigenvalue weighted by Gasteiger charge is 2.25. The van der Waals surface area contributed by atoms with Crippen molar-refractivity contribution in [2.24, 2.45) is 4.99 Å². The van der Waals surface area contributed by atoms with E-state index in [2.05, 4.69) is 11.1 Å². The Labute approximate surface area is 174 Å². The van der Waals surface area contributed by atoms with Crippen LogP contribution in [0.15, 0.2) is 85.4 Å². The molecule has 3 aromatic heterocycles. The standard InChI is InChI=1S/C24H19N3O3/c1-27(2)18-11-9-17(10-12-18)6-3-13-26-24-19(16-25)22(20-7-4-14-28-20)23(30-24)21-8-5-15-29-21/h3-15H,1-2H3. The smallest absolute Gasteiger partial charge is 0.238 e. The number of aliphatic imine (C=N–C) groups is 1. The fraction of sp³-hybridized carbons (Fsp3) is 0.0833. The largest absolute Gasteiger partial charge is 0.464 e. The molecule has 30 heavy (non-hydrogen) atoms. The average Bonchev–Trinajstić information content (AvgIpc) is 3.51. The van der Waals surface area contributed by atoms with Crippen molar-refractivity contribution in [2.45, 2.75) is 0 Å². The summed E-state index contributed by atoms with van der Waals surface area (Å²) in [7, 11) is 4.00. The first-order valence-electron chi connectivity index (χ1n) is 9.30. The zero-order valence-electron chi connectivity index (χ0n) is 16.6. The molecule has 6 heteroatoms. The number of benzene rings is 1. The van der Waals surface area contributed by atoms with Crippen LogP contribution in [0.25, 0.3) is 28.9 Å². The molecule has 0 aliphatic rings. The van der Waals surface area contributed by atoms with Gasteiger partial charge in [-0.2, -0.15) is 5.26 Å². The average molecular weight is 397 g/mol. The van der Waals surface area contributed by atoms with E-state index in [1.54, 1.807) is 49.1 Å². The molecule has 6 nitrogen and oxygen atoms in total. The minimum Gasteiger partial charge on any atom is -0.464 e. The highest BCUT2D eigenvalue weighted by molar-refractivity contribution is 5.87. The van der Waals surface area contributed by atoms with E-state index in [4.69, 9.17) is 13.3 Å². The number of furan rings is 3. The zero-order valence-corrected chi connectivity index (χ0v) is 16.6. The second-order valence-electron chi connectivity index (χ2n) is 6.68. The van der Waals surface area contributed by atoms with Crippen LogP contribution in [0.5, 0.6) is 0 Å². The molecule has 0 bridgehead atoms. The Balaban J connectivity index is 1.64. The Hall–Kier alpha value is -4.24. The van der Waals surface area contributed by atoms with Crippen LogP contribution >= 0.6 is 0 Å². The molecule has 3 heterocycles. The molecule has 0 aliphatic carbocycles. The summed E-state index contributed by atoms with van der Waals surface area (Å²) < 4.78 is 16.9. The lowest BCUT2D eigenvalue weighted by molar-refractivity contribution is 0.527. The SMILES string of the molecule is CN(C)c1ccc(C=CC=Nc2oc(-c3ccco3)c(-c3ccco3)c2C#N)cc1. The van der Waals surface area contributed by atoms with Gasteiger partial charge in [0.1, 0.15) is 17.4 Å². The predicted molar refractivity (Wildman–Crippen MR) is 117 cm³/mol. The number of allylic oxidation sites excluding steroid dienone is 1. The normalized spacial score (nSPS) is 11.4. The van der Waals surface area contributed by atoms with Crippen LogP contribution < -0.4 is 4.90 Å². The molecule has 0 spiro atoms. The highest BCUT2D eigenvalue weighted by atomic mass is 16.4. The van der Waals surface area contributed by atoms with Gasteiger partial charge in [-0.25, -0.2) is 4.99 Å².